The van der Waals surface area contributed by atoms with Crippen LogP contribution in [0.15, 0.2) is 48.5 Å². The van der Waals surface area contributed by atoms with Crippen LogP contribution in [0.2, 0.25) is 5.02 Å². The molecule has 2 N–H and O–H groups in total. The third-order valence-corrected chi connectivity index (χ3v) is 5.04. The Balaban J connectivity index is 1.95. The first-order valence-electron chi connectivity index (χ1n) is 8.93. The van der Waals surface area contributed by atoms with Crippen LogP contribution < -0.4 is 5.32 Å². The minimum Gasteiger partial charge on any atom is -0.478 e. The van der Waals surface area contributed by atoms with Crippen molar-refractivity contribution in [2.75, 3.05) is 19.6 Å². The number of carbonyl (C=O) groups is 2. The second kappa shape index (κ2) is 7.58. The Hall–Kier alpha value is -2.96. The van der Waals surface area contributed by atoms with Crippen LogP contribution in [0.1, 0.15) is 15.9 Å². The predicted octanol–water partition coefficient (Wildman–Crippen LogP) is 3.19. The average molecular weight is 396 g/mol. The van der Waals surface area contributed by atoms with Gasteiger partial charge in [-0.2, -0.15) is 0 Å². The Morgan fingerprint density at radius 2 is 2.00 bits per heavy atom. The number of hydrogen-bond donors (Lipinski definition) is 2. The highest BCUT2D eigenvalue weighted by molar-refractivity contribution is 6.31. The molecule has 0 spiro atoms. The fourth-order valence-electron chi connectivity index (χ4n) is 3.56. The highest BCUT2D eigenvalue weighted by Crippen LogP contribution is 2.32. The van der Waals surface area contributed by atoms with Crippen LogP contribution in [-0.2, 0) is 11.3 Å². The first-order valence-corrected chi connectivity index (χ1v) is 9.30. The smallest absolute Gasteiger partial charge is 0.336 e. The van der Waals surface area contributed by atoms with E-state index < -0.39 is 5.97 Å². The summed E-state index contributed by atoms with van der Waals surface area (Å²) in [5.41, 5.74) is 2.75. The van der Waals surface area contributed by atoms with Gasteiger partial charge in [-0.05, 0) is 12.1 Å². The van der Waals surface area contributed by atoms with Crippen LogP contribution in [0.4, 0.5) is 0 Å². The van der Waals surface area contributed by atoms with Crippen LogP contribution in [0.3, 0.4) is 0 Å². The molecule has 1 aliphatic rings. The van der Waals surface area contributed by atoms with Crippen molar-refractivity contribution in [3.8, 4) is 11.3 Å². The summed E-state index contributed by atoms with van der Waals surface area (Å²) in [6.07, 6.45) is 0. The number of benzene rings is 2. The lowest BCUT2D eigenvalue weighted by Gasteiger charge is -2.28. The van der Waals surface area contributed by atoms with Crippen LogP contribution in [0.25, 0.3) is 22.2 Å². The van der Waals surface area contributed by atoms with Gasteiger partial charge in [-0.3, -0.25) is 9.69 Å². The minimum absolute atomic E-state index is 0.0649. The maximum Gasteiger partial charge on any atom is 0.336 e. The van der Waals surface area contributed by atoms with Gasteiger partial charge in [0.2, 0.25) is 5.91 Å². The summed E-state index contributed by atoms with van der Waals surface area (Å²) in [5.74, 6) is -1.09. The van der Waals surface area contributed by atoms with E-state index in [1.54, 1.807) is 18.2 Å². The number of aromatic nitrogens is 1. The molecule has 0 atom stereocenters. The van der Waals surface area contributed by atoms with Crippen molar-refractivity contribution < 1.29 is 14.7 Å². The third-order valence-electron chi connectivity index (χ3n) is 4.81. The van der Waals surface area contributed by atoms with Gasteiger partial charge in [-0.15, -0.1) is 0 Å². The zero-order valence-corrected chi connectivity index (χ0v) is 15.7. The van der Waals surface area contributed by atoms with Crippen molar-refractivity contribution in [3.63, 3.8) is 0 Å². The molecule has 28 heavy (non-hydrogen) atoms. The lowest BCUT2D eigenvalue weighted by molar-refractivity contribution is -0.124. The van der Waals surface area contributed by atoms with Gasteiger partial charge in [0.05, 0.1) is 23.3 Å². The summed E-state index contributed by atoms with van der Waals surface area (Å²) >= 11 is 6.12. The molecule has 0 saturated carbocycles. The number of nitrogens with one attached hydrogen (secondary N) is 1. The van der Waals surface area contributed by atoms with Gasteiger partial charge in [0.1, 0.15) is 0 Å². The number of pyridine rings is 1. The Kier molecular flexibility index (Phi) is 4.98. The van der Waals surface area contributed by atoms with Gasteiger partial charge >= 0.3 is 5.97 Å². The average Bonchev–Trinajstić information content (AvgIpc) is 2.68. The Morgan fingerprint density at radius 1 is 1.21 bits per heavy atom. The number of fused-ring (bicyclic) bond motifs is 1. The van der Waals surface area contributed by atoms with Crippen LogP contribution >= 0.6 is 11.6 Å². The fourth-order valence-corrected chi connectivity index (χ4v) is 3.73. The number of rotatable bonds is 4. The Bertz CT molecular complexity index is 1070. The van der Waals surface area contributed by atoms with Crippen LogP contribution in [0.5, 0.6) is 0 Å². The quantitative estimate of drug-likeness (QED) is 0.709. The number of nitrogens with zero attached hydrogens (tertiary/aromatic N) is 2. The van der Waals surface area contributed by atoms with Crippen LogP contribution in [0, 0.1) is 0 Å². The van der Waals surface area contributed by atoms with E-state index in [0.29, 0.717) is 46.8 Å². The van der Waals surface area contributed by atoms with Gasteiger partial charge in [0, 0.05) is 41.2 Å². The molecule has 2 aromatic carbocycles. The van der Waals surface area contributed by atoms with Crippen molar-refractivity contribution in [3.05, 3.63) is 64.7 Å². The maximum atomic E-state index is 12.3. The molecule has 0 aliphatic carbocycles. The van der Waals surface area contributed by atoms with Crippen molar-refractivity contribution in [1.29, 1.82) is 0 Å². The third kappa shape index (κ3) is 3.56. The Labute approximate surface area is 166 Å². The van der Waals surface area contributed by atoms with E-state index in [0.717, 1.165) is 5.56 Å². The lowest BCUT2D eigenvalue weighted by Crippen LogP contribution is -2.47. The van der Waals surface area contributed by atoms with Crippen molar-refractivity contribution >= 4 is 34.4 Å². The van der Waals surface area contributed by atoms with E-state index in [-0.39, 0.29) is 18.0 Å². The highest BCUT2D eigenvalue weighted by atomic mass is 35.5. The largest absolute Gasteiger partial charge is 0.478 e. The molecule has 1 amide bonds. The van der Waals surface area contributed by atoms with E-state index in [2.05, 4.69) is 5.32 Å². The number of carboxylic acid groups (broad SMARTS) is 1. The van der Waals surface area contributed by atoms with E-state index in [1.807, 2.05) is 35.2 Å². The van der Waals surface area contributed by atoms with E-state index in [4.69, 9.17) is 16.6 Å². The molecule has 6 nitrogen and oxygen atoms in total. The van der Waals surface area contributed by atoms with Gasteiger partial charge in [-0.1, -0.05) is 48.0 Å². The topological polar surface area (TPSA) is 82.5 Å². The molecular weight excluding hydrogens is 378 g/mol. The first-order chi connectivity index (χ1) is 13.5. The van der Waals surface area contributed by atoms with E-state index >= 15 is 0 Å². The number of hydrogen-bond acceptors (Lipinski definition) is 4. The summed E-state index contributed by atoms with van der Waals surface area (Å²) in [7, 11) is 0. The van der Waals surface area contributed by atoms with E-state index in [9.17, 15) is 14.7 Å². The second-order valence-corrected chi connectivity index (χ2v) is 7.14. The van der Waals surface area contributed by atoms with Crippen molar-refractivity contribution in [2.45, 2.75) is 6.54 Å². The van der Waals surface area contributed by atoms with Gasteiger partial charge in [0.15, 0.2) is 0 Å². The molecule has 1 saturated heterocycles. The molecule has 2 heterocycles. The van der Waals surface area contributed by atoms with Crippen molar-refractivity contribution in [1.82, 2.24) is 15.2 Å². The summed E-state index contributed by atoms with van der Waals surface area (Å²) in [5, 5.41) is 13.8. The first kappa shape index (κ1) is 18.4. The predicted molar refractivity (Wildman–Crippen MR) is 107 cm³/mol. The van der Waals surface area contributed by atoms with Gasteiger partial charge < -0.3 is 10.4 Å². The van der Waals surface area contributed by atoms with Gasteiger partial charge in [0.25, 0.3) is 0 Å². The molecule has 0 bridgehead atoms. The summed E-state index contributed by atoms with van der Waals surface area (Å²) in [6.45, 7) is 1.74. The lowest BCUT2D eigenvalue weighted by atomic mass is 9.96. The molecule has 0 unspecified atom stereocenters. The fraction of sp³-hybridized carbons (Fsp3) is 0.190. The monoisotopic (exact) mass is 395 g/mol. The van der Waals surface area contributed by atoms with Gasteiger partial charge in [-0.25, -0.2) is 9.78 Å². The minimum atomic E-state index is -1.02. The number of halogens is 1. The molecule has 3 aromatic rings. The number of piperazine rings is 1. The zero-order chi connectivity index (χ0) is 19.7. The summed E-state index contributed by atoms with van der Waals surface area (Å²) in [6, 6.07) is 14.5. The number of carbonyl (C=O) groups excluding carboxylic acids is 1. The number of amides is 1. The number of aromatic carboxylic acids is 1. The molecule has 1 aliphatic heterocycles. The standard InChI is InChI=1S/C21H18ClN3O3/c22-14-6-7-15-17(10-14)24-20(13-4-2-1-3-5-13)16(19(15)21(27)28)11-25-9-8-23-18(26)12-25/h1-7,10H,8-9,11-12H2,(H,23,26)(H,27,28). The normalized spacial score (nSPS) is 14.8. The molecule has 1 aromatic heterocycles. The Morgan fingerprint density at radius 3 is 2.71 bits per heavy atom. The second-order valence-electron chi connectivity index (χ2n) is 6.71. The molecule has 1 fully saturated rings. The van der Waals surface area contributed by atoms with Crippen molar-refractivity contribution in [2.24, 2.45) is 0 Å². The van der Waals surface area contributed by atoms with Crippen LogP contribution in [-0.4, -0.2) is 46.5 Å². The SMILES string of the molecule is O=C1CN(Cc2c(-c3ccccc3)nc3cc(Cl)ccc3c2C(=O)O)CCN1. The highest BCUT2D eigenvalue weighted by Gasteiger charge is 2.25. The molecule has 0 radical (unpaired) electrons. The summed E-state index contributed by atoms with van der Waals surface area (Å²) < 4.78 is 0. The molecular formula is C21H18ClN3O3. The number of carboxylic acids is 1. The van der Waals surface area contributed by atoms with E-state index in [1.165, 1.54) is 0 Å². The molecule has 4 rings (SSSR count). The molecule has 7 heteroatoms. The maximum absolute atomic E-state index is 12.3. The zero-order valence-electron chi connectivity index (χ0n) is 15.0. The summed E-state index contributed by atoms with van der Waals surface area (Å²) in [4.78, 5) is 30.7. The molecule has 142 valence electrons.